The number of fused-ring (bicyclic) bond motifs is 1. The molecule has 31 heavy (non-hydrogen) atoms. The van der Waals surface area contributed by atoms with Crippen LogP contribution in [0.3, 0.4) is 0 Å². The second-order valence-electron chi connectivity index (χ2n) is 7.63. The number of thioether (sulfide) groups is 1. The summed E-state index contributed by atoms with van der Waals surface area (Å²) in [5.41, 5.74) is 1.55. The number of allylic oxidation sites excluding steroid dienone is 1. The molecule has 7 heteroatoms. The van der Waals surface area contributed by atoms with Gasteiger partial charge in [-0.25, -0.2) is 0 Å². The zero-order chi connectivity index (χ0) is 22.2. The summed E-state index contributed by atoms with van der Waals surface area (Å²) in [6.07, 6.45) is 0.0955. The molecule has 0 radical (unpaired) electrons. The molecule has 2 aliphatic rings. The van der Waals surface area contributed by atoms with E-state index >= 15 is 0 Å². The number of nitrogens with zero attached hydrogens (tertiary/aromatic N) is 2. The summed E-state index contributed by atoms with van der Waals surface area (Å²) < 4.78 is 11.0. The predicted molar refractivity (Wildman–Crippen MR) is 119 cm³/mol. The molecule has 1 saturated heterocycles. The van der Waals surface area contributed by atoms with E-state index in [0.29, 0.717) is 34.3 Å². The molecule has 2 aliphatic heterocycles. The van der Waals surface area contributed by atoms with Crippen molar-refractivity contribution < 1.29 is 19.4 Å². The van der Waals surface area contributed by atoms with E-state index in [0.717, 1.165) is 11.1 Å². The quantitative estimate of drug-likeness (QED) is 0.762. The van der Waals surface area contributed by atoms with Gasteiger partial charge in [0.15, 0.2) is 17.2 Å². The van der Waals surface area contributed by atoms with Crippen LogP contribution in [0.2, 0.25) is 0 Å². The summed E-state index contributed by atoms with van der Waals surface area (Å²) in [7, 11) is 1.56. The van der Waals surface area contributed by atoms with Crippen LogP contribution >= 0.6 is 11.8 Å². The monoisotopic (exact) mass is 436 g/mol. The van der Waals surface area contributed by atoms with Crippen molar-refractivity contribution in [1.82, 2.24) is 4.90 Å². The average Bonchev–Trinajstić information content (AvgIpc) is 3.13. The van der Waals surface area contributed by atoms with Crippen molar-refractivity contribution in [3.63, 3.8) is 0 Å². The zero-order valence-corrected chi connectivity index (χ0v) is 18.5. The highest BCUT2D eigenvalue weighted by molar-refractivity contribution is 8.03. The Labute approximate surface area is 186 Å². The molecule has 2 heterocycles. The van der Waals surface area contributed by atoms with Crippen molar-refractivity contribution in [2.24, 2.45) is 0 Å². The molecular formula is C24H24N2O4S. The van der Waals surface area contributed by atoms with Gasteiger partial charge >= 0.3 is 0 Å². The Kier molecular flexibility index (Phi) is 5.69. The number of hydrogen-bond acceptors (Lipinski definition) is 6. The van der Waals surface area contributed by atoms with E-state index in [9.17, 15) is 15.2 Å². The van der Waals surface area contributed by atoms with E-state index in [1.807, 2.05) is 50.2 Å². The summed E-state index contributed by atoms with van der Waals surface area (Å²) in [5, 5.41) is 22.0. The molecule has 4 rings (SSSR count). The Morgan fingerprint density at radius 2 is 2.00 bits per heavy atom. The molecule has 0 spiro atoms. The maximum Gasteiger partial charge on any atom is 0.231 e. The molecule has 6 nitrogen and oxygen atoms in total. The van der Waals surface area contributed by atoms with Gasteiger partial charge in [-0.3, -0.25) is 9.69 Å². The van der Waals surface area contributed by atoms with Crippen LogP contribution in [0.4, 0.5) is 0 Å². The highest BCUT2D eigenvalue weighted by atomic mass is 32.2. The Bertz CT molecular complexity index is 1090. The third-order valence-electron chi connectivity index (χ3n) is 5.71. The fourth-order valence-electron chi connectivity index (χ4n) is 4.12. The number of hydrogen-bond donors (Lipinski definition) is 1. The first-order valence-electron chi connectivity index (χ1n) is 10.1. The number of ether oxygens (including phenoxy) is 2. The fourth-order valence-corrected chi connectivity index (χ4v) is 5.48. The average molecular weight is 437 g/mol. The van der Waals surface area contributed by atoms with Crippen molar-refractivity contribution in [3.05, 3.63) is 69.8 Å². The van der Waals surface area contributed by atoms with Gasteiger partial charge < -0.3 is 14.6 Å². The molecule has 1 N–H and O–H groups in total. The molecule has 2 atom stereocenters. The second-order valence-corrected chi connectivity index (χ2v) is 8.60. The van der Waals surface area contributed by atoms with Gasteiger partial charge in [0.1, 0.15) is 0 Å². The van der Waals surface area contributed by atoms with Gasteiger partial charge in [0, 0.05) is 17.9 Å². The SMILES string of the molecule is CCOc1ccc([C@H]2CC(=O)N3C(=C2C#N)SC[C@@]3(O)c2ccc(C)cc2)cc1OC. The molecule has 0 bridgehead atoms. The number of benzene rings is 2. The first kappa shape index (κ1) is 21.3. The molecule has 1 amide bonds. The molecule has 0 saturated carbocycles. The molecule has 0 aliphatic carbocycles. The molecule has 2 aromatic rings. The van der Waals surface area contributed by atoms with E-state index in [4.69, 9.17) is 9.47 Å². The van der Waals surface area contributed by atoms with Crippen LogP contribution in [0.1, 0.15) is 36.0 Å². The summed E-state index contributed by atoms with van der Waals surface area (Å²) in [6, 6.07) is 15.3. The van der Waals surface area contributed by atoms with Gasteiger partial charge in [-0.1, -0.05) is 35.9 Å². The minimum atomic E-state index is -1.46. The largest absolute Gasteiger partial charge is 0.493 e. The molecular weight excluding hydrogens is 412 g/mol. The van der Waals surface area contributed by atoms with Crippen LogP contribution in [0.5, 0.6) is 11.5 Å². The lowest BCUT2D eigenvalue weighted by atomic mass is 9.85. The normalized spacial score (nSPS) is 22.9. The lowest BCUT2D eigenvalue weighted by Crippen LogP contribution is -2.48. The lowest BCUT2D eigenvalue weighted by molar-refractivity contribution is -0.149. The number of aryl methyl sites for hydroxylation is 1. The van der Waals surface area contributed by atoms with E-state index < -0.39 is 11.6 Å². The Morgan fingerprint density at radius 1 is 1.26 bits per heavy atom. The van der Waals surface area contributed by atoms with E-state index in [2.05, 4.69) is 6.07 Å². The smallest absolute Gasteiger partial charge is 0.231 e. The molecule has 160 valence electrons. The van der Waals surface area contributed by atoms with Gasteiger partial charge in [0.2, 0.25) is 5.91 Å². The number of carbonyl (C=O) groups excluding carboxylic acids is 1. The molecule has 0 aromatic heterocycles. The van der Waals surface area contributed by atoms with Crippen LogP contribution in [0, 0.1) is 18.3 Å². The predicted octanol–water partition coefficient (Wildman–Crippen LogP) is 4.05. The minimum absolute atomic E-state index is 0.0955. The lowest BCUT2D eigenvalue weighted by Gasteiger charge is -2.38. The van der Waals surface area contributed by atoms with Crippen LogP contribution in [0.25, 0.3) is 0 Å². The van der Waals surface area contributed by atoms with E-state index in [-0.39, 0.29) is 18.1 Å². The minimum Gasteiger partial charge on any atom is -0.493 e. The van der Waals surface area contributed by atoms with Crippen LogP contribution < -0.4 is 9.47 Å². The van der Waals surface area contributed by atoms with Gasteiger partial charge in [0.25, 0.3) is 0 Å². The van der Waals surface area contributed by atoms with Crippen molar-refractivity contribution in [2.45, 2.75) is 31.9 Å². The number of amides is 1. The maximum atomic E-state index is 13.3. The molecule has 2 aromatic carbocycles. The number of carbonyl (C=O) groups is 1. The fraction of sp³-hybridized carbons (Fsp3) is 0.333. The third-order valence-corrected chi connectivity index (χ3v) is 6.94. The summed E-state index contributed by atoms with van der Waals surface area (Å²) in [6.45, 7) is 4.37. The van der Waals surface area contributed by atoms with Crippen molar-refractivity contribution in [2.75, 3.05) is 19.5 Å². The number of nitriles is 1. The van der Waals surface area contributed by atoms with Gasteiger partial charge in [0.05, 0.1) is 36.1 Å². The highest BCUT2D eigenvalue weighted by Gasteiger charge is 2.51. The number of methoxy groups -OCH3 is 1. The topological polar surface area (TPSA) is 82.8 Å². The van der Waals surface area contributed by atoms with Gasteiger partial charge in [-0.15, -0.1) is 11.8 Å². The van der Waals surface area contributed by atoms with Gasteiger partial charge in [-0.2, -0.15) is 5.26 Å². The zero-order valence-electron chi connectivity index (χ0n) is 17.7. The summed E-state index contributed by atoms with van der Waals surface area (Å²) in [5.74, 6) is 0.849. The first-order valence-corrected chi connectivity index (χ1v) is 11.1. The second kappa shape index (κ2) is 8.29. The summed E-state index contributed by atoms with van der Waals surface area (Å²) in [4.78, 5) is 14.7. The van der Waals surface area contributed by atoms with Gasteiger partial charge in [-0.05, 0) is 31.5 Å². The number of aliphatic hydroxyl groups is 1. The Morgan fingerprint density at radius 3 is 2.65 bits per heavy atom. The summed E-state index contributed by atoms with van der Waals surface area (Å²) >= 11 is 1.34. The van der Waals surface area contributed by atoms with Crippen LogP contribution in [-0.2, 0) is 10.5 Å². The maximum absolute atomic E-state index is 13.3. The third kappa shape index (κ3) is 3.56. The highest BCUT2D eigenvalue weighted by Crippen LogP contribution is 2.52. The Hall–Kier alpha value is -2.95. The Balaban J connectivity index is 1.76. The first-order chi connectivity index (χ1) is 14.9. The molecule has 0 unspecified atom stereocenters. The van der Waals surface area contributed by atoms with Crippen molar-refractivity contribution in [1.29, 1.82) is 5.26 Å². The van der Waals surface area contributed by atoms with E-state index in [1.165, 1.54) is 16.7 Å². The van der Waals surface area contributed by atoms with E-state index in [1.54, 1.807) is 13.2 Å². The standard InChI is InChI=1S/C24H24N2O4S/c1-4-30-20-10-7-16(11-21(20)29-3)18-12-22(27)26-23(19(18)13-25)31-14-24(26,28)17-8-5-15(2)6-9-17/h5-11,18,28H,4,12,14H2,1-3H3/t18-,24-/m1/s1. The number of rotatable bonds is 5. The van der Waals surface area contributed by atoms with Crippen molar-refractivity contribution >= 4 is 17.7 Å². The van der Waals surface area contributed by atoms with Crippen LogP contribution in [-0.4, -0.2) is 35.4 Å². The van der Waals surface area contributed by atoms with Crippen molar-refractivity contribution in [3.8, 4) is 17.6 Å². The molecule has 1 fully saturated rings. The van der Waals surface area contributed by atoms with Crippen LogP contribution in [0.15, 0.2) is 53.1 Å².